The van der Waals surface area contributed by atoms with Crippen LogP contribution in [0.25, 0.3) is 5.57 Å². The molecule has 0 saturated heterocycles. The molecule has 0 unspecified atom stereocenters. The Morgan fingerprint density at radius 2 is 2.36 bits per heavy atom. The van der Waals surface area contributed by atoms with Gasteiger partial charge in [-0.2, -0.15) is 0 Å². The van der Waals surface area contributed by atoms with Crippen LogP contribution in [0.1, 0.15) is 18.4 Å². The highest BCUT2D eigenvalue weighted by atomic mass is 35.5. The first kappa shape index (κ1) is 10.8. The number of allylic oxidation sites excluding steroid dienone is 5. The highest BCUT2D eigenvalue weighted by Crippen LogP contribution is 2.23. The van der Waals surface area contributed by atoms with Crippen LogP contribution in [0.2, 0.25) is 0 Å². The third-order valence-electron chi connectivity index (χ3n) is 1.67. The van der Waals surface area contributed by atoms with Gasteiger partial charge in [-0.3, -0.25) is 0 Å². The molecule has 0 aromatic carbocycles. The van der Waals surface area contributed by atoms with Gasteiger partial charge in [-0.1, -0.05) is 41.6 Å². The number of hydrogen-bond acceptors (Lipinski definition) is 2. The standard InChI is InChI=1S/C11H12ClNO/c1-4-6-9(10(12)5-2)11-7-8(3)14-13-11/h4-7H,2H2,1,3H3/b6-4-,10-9-. The molecule has 0 fully saturated rings. The zero-order chi connectivity index (χ0) is 10.6. The van der Waals surface area contributed by atoms with Crippen LogP contribution in [-0.4, -0.2) is 5.16 Å². The van der Waals surface area contributed by atoms with Crippen molar-refractivity contribution < 1.29 is 4.52 Å². The van der Waals surface area contributed by atoms with Gasteiger partial charge in [0.15, 0.2) is 0 Å². The molecule has 1 heterocycles. The van der Waals surface area contributed by atoms with E-state index in [9.17, 15) is 0 Å². The second-order valence-corrected chi connectivity index (χ2v) is 3.20. The number of rotatable bonds is 3. The summed E-state index contributed by atoms with van der Waals surface area (Å²) in [6, 6.07) is 1.83. The Bertz CT molecular complexity index is 388. The van der Waals surface area contributed by atoms with Gasteiger partial charge in [-0.25, -0.2) is 0 Å². The fraction of sp³-hybridized carbons (Fsp3) is 0.182. The van der Waals surface area contributed by atoms with Crippen LogP contribution >= 0.6 is 11.6 Å². The monoisotopic (exact) mass is 209 g/mol. The van der Waals surface area contributed by atoms with Crippen molar-refractivity contribution in [1.82, 2.24) is 5.16 Å². The summed E-state index contributed by atoms with van der Waals surface area (Å²) in [5.41, 5.74) is 1.55. The molecular formula is C11H12ClNO. The lowest BCUT2D eigenvalue weighted by molar-refractivity contribution is 0.396. The summed E-state index contributed by atoms with van der Waals surface area (Å²) in [6.07, 6.45) is 5.35. The highest BCUT2D eigenvalue weighted by Gasteiger charge is 2.07. The molecule has 0 atom stereocenters. The largest absolute Gasteiger partial charge is 0.361 e. The van der Waals surface area contributed by atoms with E-state index in [0.29, 0.717) is 5.03 Å². The van der Waals surface area contributed by atoms with Gasteiger partial charge in [0.1, 0.15) is 11.5 Å². The van der Waals surface area contributed by atoms with Crippen LogP contribution in [-0.2, 0) is 0 Å². The normalized spacial score (nSPS) is 13.1. The maximum Gasteiger partial charge on any atom is 0.134 e. The quantitative estimate of drug-likeness (QED) is 0.710. The first-order valence-electron chi connectivity index (χ1n) is 4.27. The van der Waals surface area contributed by atoms with Gasteiger partial charge in [0.25, 0.3) is 0 Å². The molecule has 1 aromatic heterocycles. The van der Waals surface area contributed by atoms with E-state index in [2.05, 4.69) is 11.7 Å². The van der Waals surface area contributed by atoms with Crippen molar-refractivity contribution in [2.75, 3.05) is 0 Å². The van der Waals surface area contributed by atoms with E-state index in [-0.39, 0.29) is 0 Å². The highest BCUT2D eigenvalue weighted by molar-refractivity contribution is 6.34. The van der Waals surface area contributed by atoms with Crippen LogP contribution < -0.4 is 0 Å². The van der Waals surface area contributed by atoms with Crippen molar-refractivity contribution >= 4 is 17.2 Å². The van der Waals surface area contributed by atoms with Gasteiger partial charge >= 0.3 is 0 Å². The molecule has 1 aromatic rings. The average molecular weight is 210 g/mol. The van der Waals surface area contributed by atoms with Gasteiger partial charge in [-0.15, -0.1) is 0 Å². The van der Waals surface area contributed by atoms with Crippen molar-refractivity contribution in [1.29, 1.82) is 0 Å². The SMILES string of the molecule is C=C/C(Cl)=C(\C=C/C)c1cc(C)on1. The molecular weight excluding hydrogens is 198 g/mol. The maximum atomic E-state index is 5.98. The Morgan fingerprint density at radius 3 is 2.79 bits per heavy atom. The topological polar surface area (TPSA) is 26.0 Å². The van der Waals surface area contributed by atoms with E-state index in [4.69, 9.17) is 16.1 Å². The fourth-order valence-electron chi connectivity index (χ4n) is 1.06. The summed E-state index contributed by atoms with van der Waals surface area (Å²) in [7, 11) is 0. The van der Waals surface area contributed by atoms with Crippen molar-refractivity contribution in [3.05, 3.63) is 47.4 Å². The van der Waals surface area contributed by atoms with Crippen molar-refractivity contribution in [2.45, 2.75) is 13.8 Å². The number of aromatic nitrogens is 1. The molecule has 0 amide bonds. The fourth-order valence-corrected chi connectivity index (χ4v) is 1.22. The third-order valence-corrected chi connectivity index (χ3v) is 2.03. The zero-order valence-corrected chi connectivity index (χ0v) is 9.01. The first-order valence-corrected chi connectivity index (χ1v) is 4.65. The average Bonchev–Trinajstić information content (AvgIpc) is 2.60. The zero-order valence-electron chi connectivity index (χ0n) is 8.25. The molecule has 0 aliphatic carbocycles. The molecule has 1 rings (SSSR count). The molecule has 0 bridgehead atoms. The molecule has 0 radical (unpaired) electrons. The predicted octanol–water partition coefficient (Wildman–Crippen LogP) is 3.70. The van der Waals surface area contributed by atoms with E-state index in [0.717, 1.165) is 17.0 Å². The molecule has 74 valence electrons. The van der Waals surface area contributed by atoms with Gasteiger partial charge < -0.3 is 4.52 Å². The molecule has 2 nitrogen and oxygen atoms in total. The first-order chi connectivity index (χ1) is 6.69. The Labute approximate surface area is 88.6 Å². The summed E-state index contributed by atoms with van der Waals surface area (Å²) in [4.78, 5) is 0. The minimum absolute atomic E-state index is 0.566. The summed E-state index contributed by atoms with van der Waals surface area (Å²) >= 11 is 5.98. The van der Waals surface area contributed by atoms with E-state index in [1.807, 2.05) is 32.1 Å². The lowest BCUT2D eigenvalue weighted by atomic mass is 10.1. The predicted molar refractivity (Wildman–Crippen MR) is 59.0 cm³/mol. The van der Waals surface area contributed by atoms with Crippen molar-refractivity contribution in [3.8, 4) is 0 Å². The minimum Gasteiger partial charge on any atom is -0.361 e. The molecule has 0 spiro atoms. The Kier molecular flexibility index (Phi) is 3.72. The van der Waals surface area contributed by atoms with E-state index >= 15 is 0 Å². The third kappa shape index (κ3) is 2.36. The van der Waals surface area contributed by atoms with Gasteiger partial charge in [0, 0.05) is 16.7 Å². The smallest absolute Gasteiger partial charge is 0.134 e. The second-order valence-electron chi connectivity index (χ2n) is 2.79. The van der Waals surface area contributed by atoms with Crippen LogP contribution in [0.15, 0.2) is 40.4 Å². The summed E-state index contributed by atoms with van der Waals surface area (Å²) in [5.74, 6) is 0.760. The second kappa shape index (κ2) is 4.82. The van der Waals surface area contributed by atoms with Gasteiger partial charge in [0.05, 0.1) is 0 Å². The molecule has 3 heteroatoms. The van der Waals surface area contributed by atoms with E-state index in [1.165, 1.54) is 0 Å². The van der Waals surface area contributed by atoms with Gasteiger partial charge in [0.2, 0.25) is 0 Å². The van der Waals surface area contributed by atoms with Crippen molar-refractivity contribution in [3.63, 3.8) is 0 Å². The Hall–Kier alpha value is -1.28. The molecule has 0 aliphatic rings. The van der Waals surface area contributed by atoms with E-state index in [1.54, 1.807) is 6.08 Å². The number of hydrogen-bond donors (Lipinski definition) is 0. The molecule has 14 heavy (non-hydrogen) atoms. The van der Waals surface area contributed by atoms with E-state index < -0.39 is 0 Å². The molecule has 0 N–H and O–H groups in total. The summed E-state index contributed by atoms with van der Waals surface area (Å²) in [5, 5.41) is 4.45. The summed E-state index contributed by atoms with van der Waals surface area (Å²) < 4.78 is 4.98. The number of halogens is 1. The molecule has 0 aliphatic heterocycles. The van der Waals surface area contributed by atoms with Gasteiger partial charge in [-0.05, 0) is 13.8 Å². The maximum absolute atomic E-state index is 5.98. The van der Waals surface area contributed by atoms with Crippen LogP contribution in [0.3, 0.4) is 0 Å². The van der Waals surface area contributed by atoms with Crippen LogP contribution in [0, 0.1) is 6.92 Å². The molecule has 0 saturated carbocycles. The van der Waals surface area contributed by atoms with Crippen molar-refractivity contribution in [2.24, 2.45) is 0 Å². The number of aryl methyl sites for hydroxylation is 1. The number of nitrogens with zero attached hydrogens (tertiary/aromatic N) is 1. The summed E-state index contributed by atoms with van der Waals surface area (Å²) in [6.45, 7) is 7.37. The lowest BCUT2D eigenvalue weighted by Crippen LogP contribution is -1.82. The Morgan fingerprint density at radius 1 is 1.64 bits per heavy atom. The van der Waals surface area contributed by atoms with Crippen LogP contribution in [0.5, 0.6) is 0 Å². The minimum atomic E-state index is 0.566. The lowest BCUT2D eigenvalue weighted by Gasteiger charge is -1.97. The van der Waals surface area contributed by atoms with Crippen LogP contribution in [0.4, 0.5) is 0 Å². The Balaban J connectivity index is 3.19.